The fourth-order valence-corrected chi connectivity index (χ4v) is 3.96. The normalized spacial score (nSPS) is 32.3. The number of epoxide rings is 1. The van der Waals surface area contributed by atoms with Crippen LogP contribution >= 0.6 is 0 Å². The number of hydrogen-bond donors (Lipinski definition) is 0. The Kier molecular flexibility index (Phi) is 3.95. The third kappa shape index (κ3) is 3.04. The standard InChI is InChI=1S/C18H21F3N2O3/c1-12(18(19,20)21)26-14-3-2-13(10-22-14)23-9-8-16(15(23)24)4-6-17(7-5-16)11-25-17/h2-3,10,12H,4-9,11H2,1H3/t12-,16-,17-/m0/s1. The SMILES string of the molecule is C[C@H](Oc1ccc(N2CC[C@]3(CC[C@@]4(CC3)CO4)C2=O)cn1)C(F)(F)F. The molecular formula is C18H21F3N2O3. The van der Waals surface area contributed by atoms with E-state index in [2.05, 4.69) is 4.98 Å². The van der Waals surface area contributed by atoms with E-state index in [0.717, 1.165) is 45.6 Å². The Hall–Kier alpha value is -1.83. The van der Waals surface area contributed by atoms with Crippen molar-refractivity contribution in [1.82, 2.24) is 4.98 Å². The number of rotatable bonds is 3. The van der Waals surface area contributed by atoms with Crippen LogP contribution in [0.2, 0.25) is 0 Å². The molecule has 0 bridgehead atoms. The number of aromatic nitrogens is 1. The van der Waals surface area contributed by atoms with Gasteiger partial charge in [-0.25, -0.2) is 4.98 Å². The molecule has 8 heteroatoms. The summed E-state index contributed by atoms with van der Waals surface area (Å²) in [7, 11) is 0. The van der Waals surface area contributed by atoms with Gasteiger partial charge < -0.3 is 14.4 Å². The quantitative estimate of drug-likeness (QED) is 0.765. The van der Waals surface area contributed by atoms with Crippen LogP contribution in [-0.4, -0.2) is 41.9 Å². The predicted molar refractivity (Wildman–Crippen MR) is 86.9 cm³/mol. The molecule has 26 heavy (non-hydrogen) atoms. The molecule has 1 saturated carbocycles. The summed E-state index contributed by atoms with van der Waals surface area (Å²) in [6.07, 6.45) is -0.660. The first-order valence-corrected chi connectivity index (χ1v) is 8.89. The molecule has 3 fully saturated rings. The Labute approximate surface area is 149 Å². The molecule has 1 aliphatic carbocycles. The van der Waals surface area contributed by atoms with E-state index in [9.17, 15) is 18.0 Å². The van der Waals surface area contributed by atoms with Crippen LogP contribution in [-0.2, 0) is 9.53 Å². The Morgan fingerprint density at radius 2 is 1.92 bits per heavy atom. The molecular weight excluding hydrogens is 349 g/mol. The minimum Gasteiger partial charge on any atom is -0.465 e. The van der Waals surface area contributed by atoms with Crippen molar-refractivity contribution in [3.8, 4) is 5.88 Å². The fraction of sp³-hybridized carbons (Fsp3) is 0.667. The Balaban J connectivity index is 1.43. The van der Waals surface area contributed by atoms with Crippen molar-refractivity contribution in [2.24, 2.45) is 5.41 Å². The van der Waals surface area contributed by atoms with E-state index in [1.807, 2.05) is 0 Å². The number of ether oxygens (including phenoxy) is 2. The van der Waals surface area contributed by atoms with E-state index in [1.165, 1.54) is 12.3 Å². The number of carbonyl (C=O) groups excluding carboxylic acids is 1. The highest BCUT2D eigenvalue weighted by molar-refractivity contribution is 5.99. The smallest absolute Gasteiger partial charge is 0.425 e. The number of alkyl halides is 3. The van der Waals surface area contributed by atoms with Gasteiger partial charge in [-0.1, -0.05) is 0 Å². The molecule has 1 atom stereocenters. The third-order valence-corrected chi connectivity index (χ3v) is 5.97. The van der Waals surface area contributed by atoms with Crippen molar-refractivity contribution in [3.63, 3.8) is 0 Å². The maximum absolute atomic E-state index is 13.0. The average Bonchev–Trinajstić information content (AvgIpc) is 3.29. The number of hydrogen-bond acceptors (Lipinski definition) is 4. The summed E-state index contributed by atoms with van der Waals surface area (Å²) in [6, 6.07) is 2.97. The van der Waals surface area contributed by atoms with Crippen LogP contribution in [0, 0.1) is 5.41 Å². The van der Waals surface area contributed by atoms with Gasteiger partial charge in [0.1, 0.15) is 0 Å². The molecule has 5 nitrogen and oxygen atoms in total. The minimum absolute atomic E-state index is 0.0364. The van der Waals surface area contributed by atoms with Gasteiger partial charge >= 0.3 is 6.18 Å². The highest BCUT2D eigenvalue weighted by Crippen LogP contribution is 2.53. The minimum atomic E-state index is -4.44. The third-order valence-electron chi connectivity index (χ3n) is 5.97. The molecule has 3 aliphatic rings. The summed E-state index contributed by atoms with van der Waals surface area (Å²) in [5.74, 6) is -0.0162. The first-order valence-electron chi connectivity index (χ1n) is 8.89. The fourth-order valence-electron chi connectivity index (χ4n) is 3.96. The summed E-state index contributed by atoms with van der Waals surface area (Å²) < 4.78 is 48.0. The lowest BCUT2D eigenvalue weighted by molar-refractivity contribution is -0.189. The second-order valence-corrected chi connectivity index (χ2v) is 7.62. The number of carbonyl (C=O) groups is 1. The van der Waals surface area contributed by atoms with Crippen molar-refractivity contribution in [2.75, 3.05) is 18.1 Å². The van der Waals surface area contributed by atoms with Crippen LogP contribution in [0.5, 0.6) is 5.88 Å². The van der Waals surface area contributed by atoms with Gasteiger partial charge in [0, 0.05) is 12.6 Å². The van der Waals surface area contributed by atoms with Gasteiger partial charge in [-0.15, -0.1) is 0 Å². The van der Waals surface area contributed by atoms with E-state index < -0.39 is 12.3 Å². The van der Waals surface area contributed by atoms with E-state index in [1.54, 1.807) is 11.0 Å². The Morgan fingerprint density at radius 1 is 1.23 bits per heavy atom. The van der Waals surface area contributed by atoms with E-state index in [4.69, 9.17) is 9.47 Å². The van der Waals surface area contributed by atoms with Gasteiger partial charge in [-0.2, -0.15) is 13.2 Å². The van der Waals surface area contributed by atoms with Crippen LogP contribution < -0.4 is 9.64 Å². The molecule has 0 unspecified atom stereocenters. The van der Waals surface area contributed by atoms with Gasteiger partial charge in [0.25, 0.3) is 0 Å². The lowest BCUT2D eigenvalue weighted by atomic mass is 9.69. The summed E-state index contributed by atoms with van der Waals surface area (Å²) in [5.41, 5.74) is 0.313. The highest BCUT2D eigenvalue weighted by Gasteiger charge is 2.56. The van der Waals surface area contributed by atoms with Crippen LogP contribution in [0.1, 0.15) is 39.0 Å². The summed E-state index contributed by atoms with van der Waals surface area (Å²) in [6.45, 7) is 2.35. The van der Waals surface area contributed by atoms with Crippen molar-refractivity contribution < 1.29 is 27.4 Å². The molecule has 4 rings (SSSR count). The monoisotopic (exact) mass is 370 g/mol. The number of anilines is 1. The Morgan fingerprint density at radius 3 is 2.46 bits per heavy atom. The molecule has 2 saturated heterocycles. The first-order chi connectivity index (χ1) is 12.2. The molecule has 1 amide bonds. The van der Waals surface area contributed by atoms with E-state index in [0.29, 0.717) is 12.2 Å². The van der Waals surface area contributed by atoms with Crippen molar-refractivity contribution in [3.05, 3.63) is 18.3 Å². The van der Waals surface area contributed by atoms with Gasteiger partial charge in [-0.05, 0) is 45.1 Å². The van der Waals surface area contributed by atoms with Crippen molar-refractivity contribution >= 4 is 11.6 Å². The van der Waals surface area contributed by atoms with Gasteiger partial charge in [0.05, 0.1) is 29.5 Å². The number of pyridine rings is 1. The molecule has 0 radical (unpaired) electrons. The van der Waals surface area contributed by atoms with Crippen LogP contribution in [0.4, 0.5) is 18.9 Å². The molecule has 2 spiro atoms. The largest absolute Gasteiger partial charge is 0.465 e. The molecule has 1 aromatic rings. The molecule has 3 heterocycles. The summed E-state index contributed by atoms with van der Waals surface area (Å²) in [5, 5.41) is 0. The van der Waals surface area contributed by atoms with Crippen molar-refractivity contribution in [2.45, 2.75) is 56.9 Å². The zero-order valence-electron chi connectivity index (χ0n) is 14.5. The Bertz CT molecular complexity index is 691. The lowest BCUT2D eigenvalue weighted by Gasteiger charge is -2.34. The van der Waals surface area contributed by atoms with Crippen LogP contribution in [0.3, 0.4) is 0 Å². The maximum atomic E-state index is 13.0. The molecule has 0 aromatic carbocycles. The topological polar surface area (TPSA) is 55.0 Å². The number of amides is 1. The molecule has 142 valence electrons. The summed E-state index contributed by atoms with van der Waals surface area (Å²) >= 11 is 0. The molecule has 2 aliphatic heterocycles. The average molecular weight is 370 g/mol. The van der Waals surface area contributed by atoms with Crippen molar-refractivity contribution in [1.29, 1.82) is 0 Å². The van der Waals surface area contributed by atoms with Crippen LogP contribution in [0.25, 0.3) is 0 Å². The summed E-state index contributed by atoms with van der Waals surface area (Å²) in [4.78, 5) is 18.6. The zero-order valence-corrected chi connectivity index (χ0v) is 14.5. The number of halogens is 3. The highest BCUT2D eigenvalue weighted by atomic mass is 19.4. The van der Waals surface area contributed by atoms with Crippen LogP contribution in [0.15, 0.2) is 18.3 Å². The predicted octanol–water partition coefficient (Wildman–Crippen LogP) is 3.48. The van der Waals surface area contributed by atoms with Gasteiger partial charge in [0.2, 0.25) is 11.8 Å². The van der Waals surface area contributed by atoms with Gasteiger partial charge in [0.15, 0.2) is 6.10 Å². The van der Waals surface area contributed by atoms with Gasteiger partial charge in [-0.3, -0.25) is 4.79 Å². The zero-order chi connectivity index (χ0) is 18.6. The first kappa shape index (κ1) is 17.6. The molecule has 1 aromatic heterocycles. The molecule has 0 N–H and O–H groups in total. The lowest BCUT2D eigenvalue weighted by Crippen LogP contribution is -2.39. The second kappa shape index (κ2) is 5.84. The van der Waals surface area contributed by atoms with E-state index >= 15 is 0 Å². The maximum Gasteiger partial charge on any atom is 0.425 e. The second-order valence-electron chi connectivity index (χ2n) is 7.62. The van der Waals surface area contributed by atoms with E-state index in [-0.39, 0.29) is 22.8 Å². The number of nitrogens with zero attached hydrogens (tertiary/aromatic N) is 2.